The number of amides is 1. The molecule has 1 aliphatic carbocycles. The van der Waals surface area contributed by atoms with Crippen LogP contribution in [0, 0.1) is 5.92 Å². The number of benzene rings is 2. The fraction of sp³-hybridized carbons (Fsp3) is 0.480. The van der Waals surface area contributed by atoms with Gasteiger partial charge in [-0.3, -0.25) is 4.79 Å². The van der Waals surface area contributed by atoms with Crippen molar-refractivity contribution in [2.24, 2.45) is 5.92 Å². The first-order chi connectivity index (χ1) is 13.5. The minimum absolute atomic E-state index is 0.0422. The van der Waals surface area contributed by atoms with Crippen LogP contribution in [0.15, 0.2) is 48.5 Å². The molecule has 2 atom stereocenters. The van der Waals surface area contributed by atoms with Crippen molar-refractivity contribution in [3.63, 3.8) is 0 Å². The van der Waals surface area contributed by atoms with Gasteiger partial charge in [0, 0.05) is 25.3 Å². The topological polar surface area (TPSA) is 32.3 Å². The fourth-order valence-electron chi connectivity index (χ4n) is 4.01. The van der Waals surface area contributed by atoms with Crippen LogP contribution in [0.5, 0.6) is 0 Å². The molecule has 3 rings (SSSR count). The second kappa shape index (κ2) is 10.9. The molecular formula is C25H36N2O. The van der Waals surface area contributed by atoms with Crippen LogP contribution < -0.4 is 10.2 Å². The van der Waals surface area contributed by atoms with Gasteiger partial charge in [-0.2, -0.15) is 0 Å². The molecule has 0 aliphatic heterocycles. The van der Waals surface area contributed by atoms with Gasteiger partial charge in [-0.1, -0.05) is 70.7 Å². The van der Waals surface area contributed by atoms with Crippen LogP contribution in [0.1, 0.15) is 70.5 Å². The standard InChI is InChI=1S/C19H22N2O.C6H14/c1-13-12-15-6-4-5-7-18(15)19(13)21(3)17-10-8-16(9-11-17)20-14(2)22;1-3-5-6-4-2/h4-11,13,19H,12H2,1-3H3,(H,20,22);3-6H2,1-2H3. The Hall–Kier alpha value is -2.29. The molecule has 28 heavy (non-hydrogen) atoms. The van der Waals surface area contributed by atoms with Crippen molar-refractivity contribution in [3.05, 3.63) is 59.7 Å². The van der Waals surface area contributed by atoms with Crippen LogP contribution >= 0.6 is 0 Å². The lowest BCUT2D eigenvalue weighted by Crippen LogP contribution is -2.26. The summed E-state index contributed by atoms with van der Waals surface area (Å²) in [6, 6.07) is 17.2. The van der Waals surface area contributed by atoms with Gasteiger partial charge < -0.3 is 10.2 Å². The Morgan fingerprint density at radius 2 is 1.64 bits per heavy atom. The molecule has 3 heteroatoms. The van der Waals surface area contributed by atoms with Crippen molar-refractivity contribution in [3.8, 4) is 0 Å². The zero-order chi connectivity index (χ0) is 20.5. The van der Waals surface area contributed by atoms with Gasteiger partial charge >= 0.3 is 0 Å². The quantitative estimate of drug-likeness (QED) is 0.572. The molecule has 0 radical (unpaired) electrons. The molecule has 0 aromatic heterocycles. The third kappa shape index (κ3) is 5.85. The molecule has 1 N–H and O–H groups in total. The average molecular weight is 381 g/mol. The largest absolute Gasteiger partial charge is 0.367 e. The SMILES string of the molecule is CC(=O)Nc1ccc(N(C)C2c3ccccc3CC2C)cc1.CCCCCC. The summed E-state index contributed by atoms with van der Waals surface area (Å²) in [6.07, 6.45) is 6.67. The summed E-state index contributed by atoms with van der Waals surface area (Å²) in [7, 11) is 2.15. The molecule has 2 unspecified atom stereocenters. The molecule has 2 aromatic rings. The average Bonchev–Trinajstić information content (AvgIpc) is 3.02. The number of unbranched alkanes of at least 4 members (excludes halogenated alkanes) is 3. The first-order valence-electron chi connectivity index (χ1n) is 10.7. The molecular weight excluding hydrogens is 344 g/mol. The van der Waals surface area contributed by atoms with Gasteiger partial charge in [-0.25, -0.2) is 0 Å². The van der Waals surface area contributed by atoms with Gasteiger partial charge in [0.05, 0.1) is 6.04 Å². The molecule has 0 saturated heterocycles. The zero-order valence-electron chi connectivity index (χ0n) is 18.2. The number of carbonyl (C=O) groups is 1. The lowest BCUT2D eigenvalue weighted by Gasteiger charge is -2.31. The van der Waals surface area contributed by atoms with Crippen molar-refractivity contribution in [1.29, 1.82) is 0 Å². The van der Waals surface area contributed by atoms with Crippen LogP contribution in [-0.2, 0) is 11.2 Å². The second-order valence-electron chi connectivity index (χ2n) is 7.87. The van der Waals surface area contributed by atoms with Crippen LogP contribution in [0.3, 0.4) is 0 Å². The molecule has 1 aliphatic rings. The zero-order valence-corrected chi connectivity index (χ0v) is 18.2. The van der Waals surface area contributed by atoms with E-state index in [-0.39, 0.29) is 5.91 Å². The van der Waals surface area contributed by atoms with E-state index in [0.717, 1.165) is 12.1 Å². The van der Waals surface area contributed by atoms with Crippen LogP contribution in [0.25, 0.3) is 0 Å². The van der Waals surface area contributed by atoms with Gasteiger partial charge in [-0.15, -0.1) is 0 Å². The van der Waals surface area contributed by atoms with E-state index in [1.807, 2.05) is 12.1 Å². The summed E-state index contributed by atoms with van der Waals surface area (Å²) < 4.78 is 0. The van der Waals surface area contributed by atoms with Crippen molar-refractivity contribution >= 4 is 17.3 Å². The van der Waals surface area contributed by atoms with Gasteiger partial charge in [0.15, 0.2) is 0 Å². The van der Waals surface area contributed by atoms with Crippen molar-refractivity contribution in [1.82, 2.24) is 0 Å². The summed E-state index contributed by atoms with van der Waals surface area (Å²) in [4.78, 5) is 13.4. The van der Waals surface area contributed by atoms with Gasteiger partial charge in [0.1, 0.15) is 0 Å². The highest BCUT2D eigenvalue weighted by Crippen LogP contribution is 2.41. The number of fused-ring (bicyclic) bond motifs is 1. The van der Waals surface area contributed by atoms with Crippen molar-refractivity contribution < 1.29 is 4.79 Å². The molecule has 0 saturated carbocycles. The molecule has 3 nitrogen and oxygen atoms in total. The number of hydrogen-bond donors (Lipinski definition) is 1. The summed E-state index contributed by atoms with van der Waals surface area (Å²) in [6.45, 7) is 8.30. The van der Waals surface area contributed by atoms with Gasteiger partial charge in [0.25, 0.3) is 0 Å². The maximum Gasteiger partial charge on any atom is 0.221 e. The first kappa shape index (κ1) is 22.0. The minimum atomic E-state index is -0.0422. The third-order valence-electron chi connectivity index (χ3n) is 5.42. The van der Waals surface area contributed by atoms with E-state index in [1.165, 1.54) is 49.4 Å². The summed E-state index contributed by atoms with van der Waals surface area (Å²) in [5.41, 5.74) is 4.90. The van der Waals surface area contributed by atoms with Crippen LogP contribution in [-0.4, -0.2) is 13.0 Å². The highest BCUT2D eigenvalue weighted by atomic mass is 16.1. The number of carbonyl (C=O) groups excluding carboxylic acids is 1. The number of nitrogens with one attached hydrogen (secondary N) is 1. The Balaban J connectivity index is 0.000000409. The maximum atomic E-state index is 11.1. The smallest absolute Gasteiger partial charge is 0.221 e. The Morgan fingerprint density at radius 1 is 1.04 bits per heavy atom. The number of anilines is 2. The number of hydrogen-bond acceptors (Lipinski definition) is 2. The highest BCUT2D eigenvalue weighted by Gasteiger charge is 2.32. The lowest BCUT2D eigenvalue weighted by atomic mass is 10.0. The number of nitrogens with zero attached hydrogens (tertiary/aromatic N) is 1. The maximum absolute atomic E-state index is 11.1. The van der Waals surface area contributed by atoms with E-state index >= 15 is 0 Å². The monoisotopic (exact) mass is 380 g/mol. The number of rotatable bonds is 6. The molecule has 2 aromatic carbocycles. The van der Waals surface area contributed by atoms with Crippen LogP contribution in [0.4, 0.5) is 11.4 Å². The Labute approximate surface area is 171 Å². The minimum Gasteiger partial charge on any atom is -0.367 e. The van der Waals surface area contributed by atoms with E-state index in [0.29, 0.717) is 12.0 Å². The van der Waals surface area contributed by atoms with E-state index in [2.05, 4.69) is 74.4 Å². The first-order valence-corrected chi connectivity index (χ1v) is 10.7. The Bertz CT molecular complexity index is 734. The fourth-order valence-corrected chi connectivity index (χ4v) is 4.01. The van der Waals surface area contributed by atoms with E-state index in [4.69, 9.17) is 0 Å². The third-order valence-corrected chi connectivity index (χ3v) is 5.42. The normalized spacial score (nSPS) is 17.3. The predicted molar refractivity (Wildman–Crippen MR) is 121 cm³/mol. The molecule has 0 spiro atoms. The van der Waals surface area contributed by atoms with Gasteiger partial charge in [0.2, 0.25) is 5.91 Å². The molecule has 0 fully saturated rings. The second-order valence-corrected chi connectivity index (χ2v) is 7.87. The van der Waals surface area contributed by atoms with Gasteiger partial charge in [-0.05, 0) is 47.7 Å². The predicted octanol–water partition coefficient (Wildman–Crippen LogP) is 6.60. The van der Waals surface area contributed by atoms with Crippen molar-refractivity contribution in [2.45, 2.75) is 65.8 Å². The van der Waals surface area contributed by atoms with Crippen LogP contribution in [0.2, 0.25) is 0 Å². The highest BCUT2D eigenvalue weighted by molar-refractivity contribution is 5.88. The molecule has 152 valence electrons. The van der Waals surface area contributed by atoms with E-state index in [1.54, 1.807) is 0 Å². The van der Waals surface area contributed by atoms with E-state index in [9.17, 15) is 4.79 Å². The Morgan fingerprint density at radius 3 is 2.21 bits per heavy atom. The summed E-state index contributed by atoms with van der Waals surface area (Å²) >= 11 is 0. The summed E-state index contributed by atoms with van der Waals surface area (Å²) in [5, 5.41) is 2.81. The van der Waals surface area contributed by atoms with E-state index < -0.39 is 0 Å². The molecule has 0 bridgehead atoms. The lowest BCUT2D eigenvalue weighted by molar-refractivity contribution is -0.114. The Kier molecular flexibility index (Phi) is 8.56. The molecule has 0 heterocycles. The van der Waals surface area contributed by atoms with Crippen molar-refractivity contribution in [2.75, 3.05) is 17.3 Å². The summed E-state index contributed by atoms with van der Waals surface area (Å²) in [5.74, 6) is 0.553. The molecule has 1 amide bonds.